The molecule has 2 N–H and O–H groups in total. The second kappa shape index (κ2) is 4.62. The van der Waals surface area contributed by atoms with Gasteiger partial charge in [-0.25, -0.2) is 4.39 Å². The van der Waals surface area contributed by atoms with Crippen molar-refractivity contribution in [1.82, 2.24) is 0 Å². The van der Waals surface area contributed by atoms with Gasteiger partial charge < -0.3 is 10.5 Å². The lowest BCUT2D eigenvalue weighted by Gasteiger charge is -2.11. The molecule has 0 aromatic heterocycles. The Morgan fingerprint density at radius 2 is 2.31 bits per heavy atom. The van der Waals surface area contributed by atoms with Crippen LogP contribution in [-0.4, -0.2) is 5.44 Å². The lowest BCUT2D eigenvalue weighted by molar-refractivity contribution is 0.308. The molecule has 0 aliphatic rings. The first-order valence-corrected chi connectivity index (χ1v) is 5.58. The van der Waals surface area contributed by atoms with Crippen LogP contribution in [0, 0.1) is 5.82 Å². The van der Waals surface area contributed by atoms with Gasteiger partial charge in [0.15, 0.2) is 5.44 Å². The summed E-state index contributed by atoms with van der Waals surface area (Å²) in [5, 5.41) is 0. The monoisotopic (exact) mass is 219 g/mol. The molecule has 0 spiro atoms. The van der Waals surface area contributed by atoms with Gasteiger partial charge in [0.1, 0.15) is 11.6 Å². The molecule has 0 saturated heterocycles. The molecular weight excluding hydrogens is 209 g/mol. The number of hydrogen-bond donors (Lipinski definition) is 2. The summed E-state index contributed by atoms with van der Waals surface area (Å²) in [7, 11) is 1.25. The summed E-state index contributed by atoms with van der Waals surface area (Å²) in [4.78, 5) is 0. The van der Waals surface area contributed by atoms with Crippen molar-refractivity contribution in [2.75, 3.05) is 5.73 Å². The molecule has 0 amide bonds. The average Bonchev–Trinajstić information content (AvgIpc) is 2.11. The van der Waals surface area contributed by atoms with Gasteiger partial charge >= 0.3 is 0 Å². The van der Waals surface area contributed by atoms with Gasteiger partial charge in [-0.2, -0.15) is 0 Å². The van der Waals surface area contributed by atoms with Crippen LogP contribution in [-0.2, 0) is 0 Å². The molecule has 0 saturated carbocycles. The Morgan fingerprint density at radius 3 is 2.85 bits per heavy atom. The summed E-state index contributed by atoms with van der Waals surface area (Å²) in [6, 6.07) is 4.36. The largest absolute Gasteiger partial charge is 0.479 e. The fourth-order valence-electron chi connectivity index (χ4n) is 0.794. The maximum absolute atomic E-state index is 12.9. The van der Waals surface area contributed by atoms with Crippen molar-refractivity contribution in [2.45, 2.75) is 12.4 Å². The van der Waals surface area contributed by atoms with Crippen LogP contribution >= 0.6 is 22.5 Å². The zero-order valence-corrected chi connectivity index (χ0v) is 8.74. The number of nitrogen functional groups attached to an aromatic ring is 1. The molecule has 1 rings (SSSR count). The molecule has 1 atom stereocenters. The van der Waals surface area contributed by atoms with E-state index in [0.29, 0.717) is 5.75 Å². The third-order valence-electron chi connectivity index (χ3n) is 1.42. The Bertz CT molecular complexity index is 295. The van der Waals surface area contributed by atoms with Gasteiger partial charge in [-0.15, -0.1) is 11.7 Å². The Morgan fingerprint density at radius 1 is 1.62 bits per heavy atom. The second-order valence-electron chi connectivity index (χ2n) is 2.47. The highest BCUT2D eigenvalue weighted by Gasteiger charge is 2.04. The maximum Gasteiger partial charge on any atom is 0.151 e. The summed E-state index contributed by atoms with van der Waals surface area (Å²) in [6.45, 7) is 1.83. The fourth-order valence-corrected chi connectivity index (χ4v) is 1.08. The number of anilines is 1. The van der Waals surface area contributed by atoms with Gasteiger partial charge in [-0.1, -0.05) is 10.8 Å². The number of rotatable bonds is 3. The summed E-state index contributed by atoms with van der Waals surface area (Å²) >= 11 is 3.97. The quantitative estimate of drug-likeness (QED) is 0.355. The lowest BCUT2D eigenvalue weighted by Crippen LogP contribution is -2.05. The third kappa shape index (κ3) is 3.00. The third-order valence-corrected chi connectivity index (χ3v) is 2.71. The van der Waals surface area contributed by atoms with Crippen LogP contribution in [0.4, 0.5) is 10.1 Å². The van der Waals surface area contributed by atoms with Crippen molar-refractivity contribution in [2.24, 2.45) is 0 Å². The van der Waals surface area contributed by atoms with E-state index in [0.717, 1.165) is 0 Å². The standard InChI is InChI=1S/C8H10FNOS2/c1-5(13-12)11-6-2-3-8(10)7(9)4-6/h2-5,12H,10H2,1H3. The number of halogens is 1. The zero-order valence-electron chi connectivity index (χ0n) is 7.03. The Hall–Kier alpha value is -0.550. The van der Waals surface area contributed by atoms with Crippen LogP contribution in [0.2, 0.25) is 0 Å². The minimum absolute atomic E-state index is 0.119. The maximum atomic E-state index is 12.9. The summed E-state index contributed by atoms with van der Waals surface area (Å²) in [6.07, 6.45) is 0. The van der Waals surface area contributed by atoms with Crippen molar-refractivity contribution in [3.63, 3.8) is 0 Å². The number of hydrogen-bond acceptors (Lipinski definition) is 4. The smallest absolute Gasteiger partial charge is 0.151 e. The molecule has 0 aliphatic carbocycles. The van der Waals surface area contributed by atoms with Crippen LogP contribution < -0.4 is 10.5 Å². The molecule has 1 unspecified atom stereocenters. The molecule has 13 heavy (non-hydrogen) atoms. The topological polar surface area (TPSA) is 35.2 Å². The zero-order chi connectivity index (χ0) is 9.84. The van der Waals surface area contributed by atoms with E-state index in [-0.39, 0.29) is 11.1 Å². The summed E-state index contributed by atoms with van der Waals surface area (Å²) in [5.74, 6) is -0.00499. The first-order valence-electron chi connectivity index (χ1n) is 3.65. The molecule has 0 bridgehead atoms. The lowest BCUT2D eigenvalue weighted by atomic mass is 10.3. The van der Waals surface area contributed by atoms with Crippen molar-refractivity contribution in [1.29, 1.82) is 0 Å². The molecule has 5 heteroatoms. The minimum atomic E-state index is -0.464. The second-order valence-corrected chi connectivity index (χ2v) is 3.98. The van der Waals surface area contributed by atoms with Crippen molar-refractivity contribution in [3.05, 3.63) is 24.0 Å². The molecule has 1 aromatic rings. The molecule has 2 nitrogen and oxygen atoms in total. The van der Waals surface area contributed by atoms with Crippen LogP contribution in [0.3, 0.4) is 0 Å². The first-order chi connectivity index (χ1) is 6.13. The van der Waals surface area contributed by atoms with Gasteiger partial charge in [0.05, 0.1) is 5.69 Å². The fraction of sp³-hybridized carbons (Fsp3) is 0.250. The van der Waals surface area contributed by atoms with E-state index in [4.69, 9.17) is 10.5 Å². The molecule has 0 fully saturated rings. The van der Waals surface area contributed by atoms with Crippen LogP contribution in [0.5, 0.6) is 5.75 Å². The van der Waals surface area contributed by atoms with E-state index in [1.807, 2.05) is 6.92 Å². The van der Waals surface area contributed by atoms with Gasteiger partial charge in [0, 0.05) is 6.07 Å². The van der Waals surface area contributed by atoms with Gasteiger partial charge in [-0.05, 0) is 19.1 Å². The molecule has 72 valence electrons. The number of ether oxygens (including phenoxy) is 1. The van der Waals surface area contributed by atoms with E-state index >= 15 is 0 Å². The summed E-state index contributed by atoms with van der Waals surface area (Å²) in [5.41, 5.74) is 5.31. The van der Waals surface area contributed by atoms with Crippen molar-refractivity contribution < 1.29 is 9.13 Å². The highest BCUT2D eigenvalue weighted by molar-refractivity contribution is 8.68. The van der Waals surface area contributed by atoms with Gasteiger partial charge in [-0.3, -0.25) is 0 Å². The average molecular weight is 219 g/mol. The molecule has 1 aromatic carbocycles. The molecule has 0 aliphatic heterocycles. The van der Waals surface area contributed by atoms with Gasteiger partial charge in [0.2, 0.25) is 0 Å². The van der Waals surface area contributed by atoms with Gasteiger partial charge in [0.25, 0.3) is 0 Å². The first kappa shape index (κ1) is 10.5. The van der Waals surface area contributed by atoms with Crippen LogP contribution in [0.25, 0.3) is 0 Å². The molecule has 0 heterocycles. The number of thiol groups is 1. The van der Waals surface area contributed by atoms with Crippen LogP contribution in [0.1, 0.15) is 6.92 Å². The highest BCUT2D eigenvalue weighted by Crippen LogP contribution is 2.23. The Kier molecular flexibility index (Phi) is 3.74. The highest BCUT2D eigenvalue weighted by atomic mass is 33.1. The van der Waals surface area contributed by atoms with Crippen LogP contribution in [0.15, 0.2) is 18.2 Å². The number of benzene rings is 1. The normalized spacial score (nSPS) is 12.5. The Labute approximate surface area is 85.5 Å². The molecular formula is C8H10FNOS2. The van der Waals surface area contributed by atoms with Crippen molar-refractivity contribution >= 4 is 28.1 Å². The predicted molar refractivity (Wildman–Crippen MR) is 57.5 cm³/mol. The van der Waals surface area contributed by atoms with E-state index in [2.05, 4.69) is 11.7 Å². The predicted octanol–water partition coefficient (Wildman–Crippen LogP) is 2.71. The molecule has 0 radical (unpaired) electrons. The minimum Gasteiger partial charge on any atom is -0.479 e. The van der Waals surface area contributed by atoms with E-state index < -0.39 is 5.82 Å². The Balaban J connectivity index is 2.73. The summed E-state index contributed by atoms with van der Waals surface area (Å²) < 4.78 is 18.2. The number of nitrogens with two attached hydrogens (primary N) is 1. The van der Waals surface area contributed by atoms with E-state index in [9.17, 15) is 4.39 Å². The van der Waals surface area contributed by atoms with E-state index in [1.54, 1.807) is 6.07 Å². The SMILES string of the molecule is CC(Oc1ccc(N)c(F)c1)SS. The van der Waals surface area contributed by atoms with Crippen molar-refractivity contribution in [3.8, 4) is 5.75 Å². The van der Waals surface area contributed by atoms with E-state index in [1.165, 1.54) is 22.9 Å².